The van der Waals surface area contributed by atoms with Crippen molar-refractivity contribution < 1.29 is 18.3 Å². The molecule has 10 heteroatoms. The van der Waals surface area contributed by atoms with Crippen LogP contribution in [0.2, 0.25) is 0 Å². The Balaban J connectivity index is 1.88. The van der Waals surface area contributed by atoms with Gasteiger partial charge in [-0.15, -0.1) is 0 Å². The van der Waals surface area contributed by atoms with Crippen molar-refractivity contribution in [3.8, 4) is 23.1 Å². The summed E-state index contributed by atoms with van der Waals surface area (Å²) < 4.78 is 34.2. The van der Waals surface area contributed by atoms with E-state index in [-0.39, 0.29) is 17.3 Å². The molecule has 0 saturated heterocycles. The van der Waals surface area contributed by atoms with Gasteiger partial charge in [-0.2, -0.15) is 10.2 Å². The minimum absolute atomic E-state index is 0.0786. The van der Waals surface area contributed by atoms with Crippen molar-refractivity contribution in [3.63, 3.8) is 0 Å². The summed E-state index contributed by atoms with van der Waals surface area (Å²) >= 11 is 0. The quantitative estimate of drug-likeness (QED) is 0.324. The molecule has 39 heavy (non-hydrogen) atoms. The summed E-state index contributed by atoms with van der Waals surface area (Å²) in [6.45, 7) is 5.66. The predicted octanol–water partition coefficient (Wildman–Crippen LogP) is 4.56. The summed E-state index contributed by atoms with van der Waals surface area (Å²) in [4.78, 5) is 21.3. The van der Waals surface area contributed by atoms with Crippen LogP contribution in [-0.4, -0.2) is 34.7 Å². The first-order valence-electron chi connectivity index (χ1n) is 12.4. The fourth-order valence-corrected chi connectivity index (χ4v) is 5.85. The Bertz CT molecular complexity index is 1710. The van der Waals surface area contributed by atoms with Gasteiger partial charge in [-0.3, -0.25) is 14.3 Å². The first-order valence-corrected chi connectivity index (χ1v) is 13.9. The Hall–Kier alpha value is -4.33. The maximum absolute atomic E-state index is 13.9. The number of benzene rings is 2. The van der Waals surface area contributed by atoms with Gasteiger partial charge in [0.15, 0.2) is 4.90 Å². The number of aryl methyl sites for hydroxylation is 1. The molecule has 2 aromatic carbocycles. The zero-order valence-electron chi connectivity index (χ0n) is 21.8. The molecule has 0 fully saturated rings. The normalized spacial score (nSPS) is 12.2. The van der Waals surface area contributed by atoms with Crippen molar-refractivity contribution in [1.29, 1.82) is 5.26 Å². The number of nitrogens with zero attached hydrogens (tertiary/aromatic N) is 4. The zero-order chi connectivity index (χ0) is 28.2. The molecular formula is C29H28N4O5S. The molecule has 0 aliphatic heterocycles. The van der Waals surface area contributed by atoms with Gasteiger partial charge in [0.05, 0.1) is 22.6 Å². The summed E-state index contributed by atoms with van der Waals surface area (Å²) in [6.07, 6.45) is 2.06. The van der Waals surface area contributed by atoms with Crippen LogP contribution in [0.3, 0.4) is 0 Å². The van der Waals surface area contributed by atoms with E-state index in [2.05, 4.69) is 16.0 Å². The second-order valence-electron chi connectivity index (χ2n) is 8.82. The average molecular weight is 545 g/mol. The van der Waals surface area contributed by atoms with Crippen LogP contribution in [0.5, 0.6) is 5.88 Å². The van der Waals surface area contributed by atoms with Crippen LogP contribution >= 0.6 is 0 Å². The summed E-state index contributed by atoms with van der Waals surface area (Å²) in [5.74, 6) is -0.811. The lowest BCUT2D eigenvalue weighted by Gasteiger charge is -2.23. The molecule has 4 aromatic rings. The molecule has 200 valence electrons. The van der Waals surface area contributed by atoms with Gasteiger partial charge in [-0.1, -0.05) is 37.3 Å². The van der Waals surface area contributed by atoms with Gasteiger partial charge in [0.1, 0.15) is 12.4 Å². The number of aromatic nitrogens is 3. The fraction of sp³-hybridized carbons (Fsp3) is 0.241. The van der Waals surface area contributed by atoms with Gasteiger partial charge in [0.25, 0.3) is 5.56 Å². The largest absolute Gasteiger partial charge is 0.492 e. The molecule has 0 aliphatic rings. The summed E-state index contributed by atoms with van der Waals surface area (Å²) in [7, 11) is -4.46. The van der Waals surface area contributed by atoms with Gasteiger partial charge >= 0.3 is 0 Å². The molecule has 2 heterocycles. The molecular weight excluding hydrogens is 516 g/mol. The van der Waals surface area contributed by atoms with E-state index in [1.807, 2.05) is 19.9 Å². The highest BCUT2D eigenvalue weighted by Gasteiger charge is 2.31. The highest BCUT2D eigenvalue weighted by molar-refractivity contribution is 7.91. The minimum atomic E-state index is -4.46. The molecule has 0 spiro atoms. The third-order valence-corrected chi connectivity index (χ3v) is 8.20. The SMILES string of the molecule is CCOCc1nc(O)c(S(=O)(=O)c2ccc(-c3cccnc3C)cc2)c(=O)n1C(CC)c1cccc(C#N)c1. The lowest BCUT2D eigenvalue weighted by atomic mass is 10.0. The highest BCUT2D eigenvalue weighted by Crippen LogP contribution is 2.30. The minimum Gasteiger partial charge on any atom is -0.492 e. The molecule has 4 rings (SSSR count). The van der Waals surface area contributed by atoms with E-state index in [1.54, 1.807) is 55.6 Å². The number of rotatable bonds is 9. The van der Waals surface area contributed by atoms with Gasteiger partial charge in [-0.05, 0) is 61.7 Å². The van der Waals surface area contributed by atoms with Crippen molar-refractivity contribution in [2.24, 2.45) is 0 Å². The van der Waals surface area contributed by atoms with Crippen LogP contribution < -0.4 is 5.56 Å². The van der Waals surface area contributed by atoms with E-state index in [1.165, 1.54) is 16.7 Å². The third-order valence-electron chi connectivity index (χ3n) is 6.41. The molecule has 2 aromatic heterocycles. The number of hydrogen-bond donors (Lipinski definition) is 1. The topological polar surface area (TPSA) is 135 Å². The molecule has 1 unspecified atom stereocenters. The van der Waals surface area contributed by atoms with Gasteiger partial charge in [-0.25, -0.2) is 8.42 Å². The van der Waals surface area contributed by atoms with Crippen molar-refractivity contribution in [1.82, 2.24) is 14.5 Å². The van der Waals surface area contributed by atoms with Crippen LogP contribution in [0.25, 0.3) is 11.1 Å². The lowest BCUT2D eigenvalue weighted by Crippen LogP contribution is -2.33. The molecule has 0 bridgehead atoms. The van der Waals surface area contributed by atoms with E-state index >= 15 is 0 Å². The first-order chi connectivity index (χ1) is 18.7. The van der Waals surface area contributed by atoms with E-state index < -0.39 is 32.2 Å². The van der Waals surface area contributed by atoms with Gasteiger partial charge in [0, 0.05) is 24.1 Å². The Kier molecular flexibility index (Phi) is 8.24. The smallest absolute Gasteiger partial charge is 0.277 e. The van der Waals surface area contributed by atoms with E-state index in [0.717, 1.165) is 16.8 Å². The molecule has 9 nitrogen and oxygen atoms in total. The summed E-state index contributed by atoms with van der Waals surface area (Å²) in [5.41, 5.74) is 2.50. The first kappa shape index (κ1) is 27.7. The molecule has 0 saturated carbocycles. The average Bonchev–Trinajstić information content (AvgIpc) is 2.94. The molecule has 0 aliphatic carbocycles. The Labute approximate surface area is 226 Å². The van der Waals surface area contributed by atoms with Crippen LogP contribution in [0.4, 0.5) is 0 Å². The Morgan fingerprint density at radius 3 is 2.49 bits per heavy atom. The van der Waals surface area contributed by atoms with Crippen LogP contribution in [0.15, 0.2) is 81.4 Å². The number of sulfone groups is 1. The zero-order valence-corrected chi connectivity index (χ0v) is 22.6. The summed E-state index contributed by atoms with van der Waals surface area (Å²) in [6, 6.07) is 17.9. The Morgan fingerprint density at radius 1 is 1.10 bits per heavy atom. The maximum atomic E-state index is 13.9. The van der Waals surface area contributed by atoms with E-state index in [0.29, 0.717) is 24.2 Å². The van der Waals surface area contributed by atoms with E-state index in [9.17, 15) is 23.6 Å². The number of pyridine rings is 1. The molecule has 0 amide bonds. The number of ether oxygens (including phenoxy) is 1. The number of hydrogen-bond acceptors (Lipinski definition) is 8. The predicted molar refractivity (Wildman–Crippen MR) is 145 cm³/mol. The maximum Gasteiger partial charge on any atom is 0.277 e. The number of nitriles is 1. The van der Waals surface area contributed by atoms with E-state index in [4.69, 9.17) is 4.74 Å². The number of aromatic hydroxyl groups is 1. The monoisotopic (exact) mass is 544 g/mol. The van der Waals surface area contributed by atoms with Gasteiger partial charge in [0.2, 0.25) is 15.7 Å². The van der Waals surface area contributed by atoms with Gasteiger partial charge < -0.3 is 9.84 Å². The van der Waals surface area contributed by atoms with Crippen LogP contribution in [0, 0.1) is 18.3 Å². The van der Waals surface area contributed by atoms with Crippen molar-refractivity contribution in [2.75, 3.05) is 6.61 Å². The highest BCUT2D eigenvalue weighted by atomic mass is 32.2. The van der Waals surface area contributed by atoms with Crippen molar-refractivity contribution >= 4 is 9.84 Å². The fourth-order valence-electron chi connectivity index (χ4n) is 4.50. The Morgan fingerprint density at radius 2 is 1.85 bits per heavy atom. The third kappa shape index (κ3) is 5.46. The molecule has 0 radical (unpaired) electrons. The standard InChI is InChI=1S/C29H28N4O5S/c1-4-25(22-9-6-8-20(16-22)17-30)33-26(18-38-5-2)32-28(34)27(29(33)35)39(36,37)23-13-11-21(12-14-23)24-10-7-15-31-19(24)3/h6-16,25,34H,4-5,18H2,1-3H3. The van der Waals surface area contributed by atoms with Crippen molar-refractivity contribution in [2.45, 2.75) is 49.6 Å². The van der Waals surface area contributed by atoms with Crippen LogP contribution in [0.1, 0.15) is 49.0 Å². The molecule has 1 N–H and O–H groups in total. The second kappa shape index (κ2) is 11.6. The summed E-state index contributed by atoms with van der Waals surface area (Å²) in [5, 5.41) is 20.1. The lowest BCUT2D eigenvalue weighted by molar-refractivity contribution is 0.122. The van der Waals surface area contributed by atoms with Crippen LogP contribution in [-0.2, 0) is 21.2 Å². The molecule has 1 atom stereocenters. The van der Waals surface area contributed by atoms with Crippen molar-refractivity contribution in [3.05, 3.63) is 99.9 Å². The second-order valence-corrected chi connectivity index (χ2v) is 10.7.